The van der Waals surface area contributed by atoms with Gasteiger partial charge in [0, 0.05) is 33.8 Å². The van der Waals surface area contributed by atoms with E-state index < -0.39 is 0 Å². The van der Waals surface area contributed by atoms with E-state index in [0.717, 1.165) is 6.42 Å². The van der Waals surface area contributed by atoms with Crippen LogP contribution in [0.2, 0.25) is 0 Å². The van der Waals surface area contributed by atoms with E-state index in [4.69, 9.17) is 5.73 Å². The summed E-state index contributed by atoms with van der Waals surface area (Å²) in [5.74, 6) is -0.0570. The third-order valence-corrected chi connectivity index (χ3v) is 2.01. The van der Waals surface area contributed by atoms with Gasteiger partial charge in [-0.25, -0.2) is 0 Å². The van der Waals surface area contributed by atoms with E-state index in [-0.39, 0.29) is 11.8 Å². The molecule has 0 aliphatic carbocycles. The number of hydrogen-bond donors (Lipinski definition) is 1. The summed E-state index contributed by atoms with van der Waals surface area (Å²) in [5, 5.41) is 0. The van der Waals surface area contributed by atoms with Crippen LogP contribution in [0.25, 0.3) is 0 Å². The lowest BCUT2D eigenvalue weighted by Gasteiger charge is -2.11. The van der Waals surface area contributed by atoms with Gasteiger partial charge < -0.3 is 15.5 Å². The van der Waals surface area contributed by atoms with Crippen molar-refractivity contribution in [1.82, 2.24) is 9.80 Å². The summed E-state index contributed by atoms with van der Waals surface area (Å²) in [6, 6.07) is 0. The standard InChI is InChI=1S/C8H16N2O.C5H9NO/c1-7(5-4-6-9)8(11)10(2)3;1-4-5(7)6(2)3/h1,4-6,9H2,2-3H3;4H,1H2,2-3H3. The monoisotopic (exact) mass is 255 g/mol. The van der Waals surface area contributed by atoms with Gasteiger partial charge in [0.25, 0.3) is 0 Å². The Kier molecular flexibility index (Phi) is 11.0. The van der Waals surface area contributed by atoms with Gasteiger partial charge in [-0.15, -0.1) is 0 Å². The summed E-state index contributed by atoms with van der Waals surface area (Å²) < 4.78 is 0. The van der Waals surface area contributed by atoms with Gasteiger partial charge in [-0.3, -0.25) is 9.59 Å². The van der Waals surface area contributed by atoms with Crippen molar-refractivity contribution in [2.75, 3.05) is 34.7 Å². The van der Waals surface area contributed by atoms with Gasteiger partial charge in [-0.2, -0.15) is 0 Å². The lowest BCUT2D eigenvalue weighted by atomic mass is 10.1. The quantitative estimate of drug-likeness (QED) is 0.733. The Balaban J connectivity index is 0. The lowest BCUT2D eigenvalue weighted by molar-refractivity contribution is -0.125. The molecular weight excluding hydrogens is 230 g/mol. The van der Waals surface area contributed by atoms with Crippen molar-refractivity contribution >= 4 is 11.8 Å². The predicted molar refractivity (Wildman–Crippen MR) is 75.0 cm³/mol. The zero-order valence-corrected chi connectivity index (χ0v) is 11.9. The molecule has 0 rings (SSSR count). The fourth-order valence-electron chi connectivity index (χ4n) is 0.921. The van der Waals surface area contributed by atoms with E-state index in [1.807, 2.05) is 0 Å². The van der Waals surface area contributed by atoms with E-state index >= 15 is 0 Å². The van der Waals surface area contributed by atoms with Crippen LogP contribution >= 0.6 is 0 Å². The molecule has 0 aliphatic rings. The van der Waals surface area contributed by atoms with Crippen molar-refractivity contribution in [2.45, 2.75) is 12.8 Å². The minimum atomic E-state index is -0.0556. The fourth-order valence-corrected chi connectivity index (χ4v) is 0.921. The molecule has 0 fully saturated rings. The van der Waals surface area contributed by atoms with E-state index in [9.17, 15) is 9.59 Å². The number of carbonyl (C=O) groups excluding carboxylic acids is 2. The highest BCUT2D eigenvalue weighted by Crippen LogP contribution is 2.03. The lowest BCUT2D eigenvalue weighted by Crippen LogP contribution is -2.23. The first-order chi connectivity index (χ1) is 8.27. The Morgan fingerprint density at radius 2 is 1.67 bits per heavy atom. The number of rotatable bonds is 5. The third-order valence-electron chi connectivity index (χ3n) is 2.01. The molecule has 0 aromatic heterocycles. The smallest absolute Gasteiger partial charge is 0.248 e. The van der Waals surface area contributed by atoms with Crippen molar-refractivity contribution in [3.05, 3.63) is 24.8 Å². The summed E-state index contributed by atoms with van der Waals surface area (Å²) in [5.41, 5.74) is 5.93. The Morgan fingerprint density at radius 3 is 1.89 bits per heavy atom. The van der Waals surface area contributed by atoms with Crippen LogP contribution in [0, 0.1) is 0 Å². The molecule has 0 aromatic carbocycles. The zero-order chi connectivity index (χ0) is 14.7. The molecule has 0 heterocycles. The maximum absolute atomic E-state index is 11.1. The average molecular weight is 255 g/mol. The number of hydrogen-bond acceptors (Lipinski definition) is 3. The molecule has 5 nitrogen and oxygen atoms in total. The van der Waals surface area contributed by atoms with Gasteiger partial charge in [-0.1, -0.05) is 13.2 Å². The van der Waals surface area contributed by atoms with Crippen LogP contribution in [0.4, 0.5) is 0 Å². The molecule has 0 saturated carbocycles. The van der Waals surface area contributed by atoms with Gasteiger partial charge in [0.15, 0.2) is 0 Å². The number of nitrogens with two attached hydrogens (primary N) is 1. The molecule has 2 N–H and O–H groups in total. The van der Waals surface area contributed by atoms with Gasteiger partial charge in [0.05, 0.1) is 0 Å². The molecule has 0 aromatic rings. The van der Waals surface area contributed by atoms with E-state index in [1.54, 1.807) is 28.2 Å². The average Bonchev–Trinajstić information content (AvgIpc) is 2.34. The first kappa shape index (κ1) is 18.7. The number of carbonyl (C=O) groups is 2. The predicted octanol–water partition coefficient (Wildman–Crippen LogP) is 0.630. The Labute approximate surface area is 110 Å². The minimum Gasteiger partial charge on any atom is -0.345 e. The van der Waals surface area contributed by atoms with Crippen molar-refractivity contribution in [3.63, 3.8) is 0 Å². The SMILES string of the molecule is C=C(CCCN)C(=O)N(C)C.C=CC(=O)N(C)C. The minimum absolute atomic E-state index is 0.00144. The summed E-state index contributed by atoms with van der Waals surface area (Å²) in [6.45, 7) is 7.57. The summed E-state index contributed by atoms with van der Waals surface area (Å²) >= 11 is 0. The molecule has 0 atom stereocenters. The summed E-state index contributed by atoms with van der Waals surface area (Å²) in [4.78, 5) is 24.4. The van der Waals surface area contributed by atoms with Crippen LogP contribution in [0.3, 0.4) is 0 Å². The highest BCUT2D eigenvalue weighted by atomic mass is 16.2. The molecule has 0 unspecified atom stereocenters. The Morgan fingerprint density at radius 1 is 1.17 bits per heavy atom. The topological polar surface area (TPSA) is 66.6 Å². The van der Waals surface area contributed by atoms with Crippen molar-refractivity contribution < 1.29 is 9.59 Å². The number of likely N-dealkylation sites (N-methyl/N-ethyl adjacent to an activating group) is 2. The first-order valence-corrected chi connectivity index (χ1v) is 5.71. The molecule has 0 aliphatic heterocycles. The highest BCUT2D eigenvalue weighted by molar-refractivity contribution is 5.92. The van der Waals surface area contributed by atoms with Crippen molar-refractivity contribution in [3.8, 4) is 0 Å². The van der Waals surface area contributed by atoms with Gasteiger partial charge in [0.2, 0.25) is 11.8 Å². The molecule has 0 bridgehead atoms. The van der Waals surface area contributed by atoms with Crippen LogP contribution in [0.1, 0.15) is 12.8 Å². The first-order valence-electron chi connectivity index (χ1n) is 5.71. The molecule has 18 heavy (non-hydrogen) atoms. The summed E-state index contributed by atoms with van der Waals surface area (Å²) in [7, 11) is 6.81. The third kappa shape index (κ3) is 9.59. The summed E-state index contributed by atoms with van der Waals surface area (Å²) in [6.07, 6.45) is 2.81. The highest BCUT2D eigenvalue weighted by Gasteiger charge is 2.07. The van der Waals surface area contributed by atoms with Crippen molar-refractivity contribution in [2.24, 2.45) is 5.73 Å². The molecule has 0 saturated heterocycles. The van der Waals surface area contributed by atoms with Crippen LogP contribution in [-0.4, -0.2) is 56.3 Å². The van der Waals surface area contributed by atoms with Gasteiger partial charge in [0.1, 0.15) is 0 Å². The molecule has 0 radical (unpaired) electrons. The maximum atomic E-state index is 11.1. The van der Waals surface area contributed by atoms with Gasteiger partial charge >= 0.3 is 0 Å². The number of nitrogens with zero attached hydrogens (tertiary/aromatic N) is 2. The fraction of sp³-hybridized carbons (Fsp3) is 0.538. The van der Waals surface area contributed by atoms with Crippen LogP contribution in [0.5, 0.6) is 0 Å². The van der Waals surface area contributed by atoms with Crippen molar-refractivity contribution in [1.29, 1.82) is 0 Å². The second-order valence-corrected chi connectivity index (χ2v) is 4.13. The molecule has 2 amide bonds. The normalized spacial score (nSPS) is 8.72. The van der Waals surface area contributed by atoms with E-state index in [2.05, 4.69) is 13.2 Å². The largest absolute Gasteiger partial charge is 0.345 e. The zero-order valence-electron chi connectivity index (χ0n) is 11.9. The number of amides is 2. The van der Waals surface area contributed by atoms with E-state index in [0.29, 0.717) is 18.5 Å². The van der Waals surface area contributed by atoms with Gasteiger partial charge in [-0.05, 0) is 25.5 Å². The second-order valence-electron chi connectivity index (χ2n) is 4.13. The van der Waals surface area contributed by atoms with Crippen LogP contribution in [-0.2, 0) is 9.59 Å². The Hall–Kier alpha value is -1.62. The second kappa shape index (κ2) is 10.5. The maximum Gasteiger partial charge on any atom is 0.248 e. The van der Waals surface area contributed by atoms with Crippen LogP contribution in [0.15, 0.2) is 24.8 Å². The molecule has 5 heteroatoms. The molecule has 104 valence electrons. The van der Waals surface area contributed by atoms with E-state index in [1.165, 1.54) is 15.9 Å². The molecule has 0 spiro atoms. The molecular formula is C13H25N3O2. The van der Waals surface area contributed by atoms with Crippen LogP contribution < -0.4 is 5.73 Å². The Bertz CT molecular complexity index is 297.